The number of hydrogen-bond donors (Lipinski definition) is 1. The highest BCUT2D eigenvalue weighted by Gasteiger charge is 2.12. The number of carbonyl (C=O) groups is 1. The van der Waals surface area contributed by atoms with E-state index in [4.69, 9.17) is 16.0 Å². The molecule has 0 saturated carbocycles. The summed E-state index contributed by atoms with van der Waals surface area (Å²) in [6, 6.07) is 3.11. The first-order chi connectivity index (χ1) is 7.49. The van der Waals surface area contributed by atoms with Crippen molar-refractivity contribution in [2.45, 2.75) is 25.1 Å². The number of rotatable bonds is 5. The van der Waals surface area contributed by atoms with E-state index in [-0.39, 0.29) is 21.7 Å². The van der Waals surface area contributed by atoms with Crippen LogP contribution in [0.25, 0.3) is 0 Å². The third kappa shape index (κ3) is 4.58. The number of furan rings is 1. The average Bonchev–Trinajstić information content (AvgIpc) is 2.60. The van der Waals surface area contributed by atoms with Crippen molar-refractivity contribution in [3.63, 3.8) is 0 Å². The first-order valence-corrected chi connectivity index (χ1v) is 6.46. The van der Waals surface area contributed by atoms with Crippen LogP contribution < -0.4 is 5.32 Å². The summed E-state index contributed by atoms with van der Waals surface area (Å²) in [5, 5.41) is 3.00. The summed E-state index contributed by atoms with van der Waals surface area (Å²) in [7, 11) is 0. The SMILES string of the molecule is CC(C)CC(Br)CNC(=O)c1ccc(Cl)o1. The Morgan fingerprint density at radius 2 is 2.25 bits per heavy atom. The second kappa shape index (κ2) is 6.30. The topological polar surface area (TPSA) is 42.2 Å². The molecule has 0 aliphatic rings. The lowest BCUT2D eigenvalue weighted by molar-refractivity contribution is 0.0926. The van der Waals surface area contributed by atoms with Gasteiger partial charge in [-0.2, -0.15) is 0 Å². The van der Waals surface area contributed by atoms with Gasteiger partial charge in [-0.15, -0.1) is 0 Å². The summed E-state index contributed by atoms with van der Waals surface area (Å²) < 4.78 is 5.00. The van der Waals surface area contributed by atoms with E-state index < -0.39 is 0 Å². The molecule has 1 unspecified atom stereocenters. The normalized spacial score (nSPS) is 12.8. The molecule has 1 amide bonds. The summed E-state index contributed by atoms with van der Waals surface area (Å²) in [6.07, 6.45) is 1.01. The molecule has 5 heteroatoms. The number of carbonyl (C=O) groups excluding carboxylic acids is 1. The van der Waals surface area contributed by atoms with Gasteiger partial charge in [0, 0.05) is 11.4 Å². The van der Waals surface area contributed by atoms with E-state index in [9.17, 15) is 4.79 Å². The minimum Gasteiger partial charge on any atom is -0.440 e. The molecular weight excluding hydrogens is 293 g/mol. The van der Waals surface area contributed by atoms with Gasteiger partial charge in [0.15, 0.2) is 11.0 Å². The Kier molecular flexibility index (Phi) is 5.35. The maximum atomic E-state index is 11.6. The van der Waals surface area contributed by atoms with Crippen molar-refractivity contribution in [3.8, 4) is 0 Å². The molecule has 0 aliphatic heterocycles. The van der Waals surface area contributed by atoms with E-state index in [2.05, 4.69) is 35.1 Å². The summed E-state index contributed by atoms with van der Waals surface area (Å²) in [6.45, 7) is 4.86. The third-order valence-electron chi connectivity index (χ3n) is 2.01. The average molecular weight is 309 g/mol. The molecule has 0 saturated heterocycles. The molecular formula is C11H15BrClNO2. The molecule has 90 valence electrons. The summed E-state index contributed by atoms with van der Waals surface area (Å²) in [5.41, 5.74) is 0. The van der Waals surface area contributed by atoms with Crippen LogP contribution in [0.2, 0.25) is 5.22 Å². The number of halogens is 2. The minimum atomic E-state index is -0.236. The van der Waals surface area contributed by atoms with Crippen LogP contribution in [0.15, 0.2) is 16.5 Å². The van der Waals surface area contributed by atoms with Crippen LogP contribution in [0.1, 0.15) is 30.8 Å². The second-order valence-corrected chi connectivity index (χ2v) is 5.71. The fourth-order valence-corrected chi connectivity index (χ4v) is 2.38. The Hall–Kier alpha value is -0.480. The van der Waals surface area contributed by atoms with Crippen LogP contribution in [-0.2, 0) is 0 Å². The zero-order chi connectivity index (χ0) is 12.1. The van der Waals surface area contributed by atoms with Gasteiger partial charge in [-0.3, -0.25) is 4.79 Å². The molecule has 1 atom stereocenters. The first kappa shape index (κ1) is 13.6. The van der Waals surface area contributed by atoms with E-state index >= 15 is 0 Å². The molecule has 0 spiro atoms. The lowest BCUT2D eigenvalue weighted by Gasteiger charge is -2.12. The fraction of sp³-hybridized carbons (Fsp3) is 0.545. The van der Waals surface area contributed by atoms with Gasteiger partial charge in [0.2, 0.25) is 0 Å². The van der Waals surface area contributed by atoms with Gasteiger partial charge < -0.3 is 9.73 Å². The number of hydrogen-bond acceptors (Lipinski definition) is 2. The predicted octanol–water partition coefficient (Wildman–Crippen LogP) is 3.47. The number of amides is 1. The maximum Gasteiger partial charge on any atom is 0.287 e. The van der Waals surface area contributed by atoms with Gasteiger partial charge in [-0.1, -0.05) is 29.8 Å². The van der Waals surface area contributed by atoms with Crippen LogP contribution >= 0.6 is 27.5 Å². The predicted molar refractivity (Wildman–Crippen MR) is 68.2 cm³/mol. The van der Waals surface area contributed by atoms with Gasteiger partial charge in [0.25, 0.3) is 5.91 Å². The fourth-order valence-electron chi connectivity index (χ4n) is 1.32. The Morgan fingerprint density at radius 1 is 1.56 bits per heavy atom. The second-order valence-electron chi connectivity index (χ2n) is 4.04. The quantitative estimate of drug-likeness (QED) is 0.846. The highest BCUT2D eigenvalue weighted by atomic mass is 79.9. The van der Waals surface area contributed by atoms with E-state index in [1.165, 1.54) is 0 Å². The van der Waals surface area contributed by atoms with Gasteiger partial charge in [-0.25, -0.2) is 0 Å². The molecule has 16 heavy (non-hydrogen) atoms. The Morgan fingerprint density at radius 3 is 2.75 bits per heavy atom. The molecule has 3 nitrogen and oxygen atoms in total. The molecule has 0 bridgehead atoms. The molecule has 0 fully saturated rings. The van der Waals surface area contributed by atoms with Gasteiger partial charge in [-0.05, 0) is 36.1 Å². The summed E-state index contributed by atoms with van der Waals surface area (Å²) >= 11 is 9.09. The van der Waals surface area contributed by atoms with Crippen LogP contribution in [0, 0.1) is 5.92 Å². The molecule has 1 aromatic rings. The third-order valence-corrected chi connectivity index (χ3v) is 2.91. The highest BCUT2D eigenvalue weighted by molar-refractivity contribution is 9.09. The molecule has 0 aromatic carbocycles. The highest BCUT2D eigenvalue weighted by Crippen LogP contribution is 2.14. The van der Waals surface area contributed by atoms with E-state index in [1.807, 2.05) is 0 Å². The minimum absolute atomic E-state index is 0.225. The number of alkyl halides is 1. The van der Waals surface area contributed by atoms with E-state index in [1.54, 1.807) is 12.1 Å². The summed E-state index contributed by atoms with van der Waals surface area (Å²) in [4.78, 5) is 11.8. The molecule has 0 aliphatic carbocycles. The molecule has 0 radical (unpaired) electrons. The van der Waals surface area contributed by atoms with Crippen molar-refractivity contribution in [3.05, 3.63) is 23.1 Å². The van der Waals surface area contributed by atoms with E-state index in [0.29, 0.717) is 12.5 Å². The largest absolute Gasteiger partial charge is 0.440 e. The van der Waals surface area contributed by atoms with Crippen LogP contribution in [-0.4, -0.2) is 17.3 Å². The van der Waals surface area contributed by atoms with Crippen molar-refractivity contribution in [2.75, 3.05) is 6.54 Å². The smallest absolute Gasteiger partial charge is 0.287 e. The molecule has 1 N–H and O–H groups in total. The van der Waals surface area contributed by atoms with Crippen LogP contribution in [0.4, 0.5) is 0 Å². The van der Waals surface area contributed by atoms with Crippen molar-refractivity contribution in [1.29, 1.82) is 0 Å². The van der Waals surface area contributed by atoms with Crippen molar-refractivity contribution >= 4 is 33.4 Å². The number of nitrogens with one attached hydrogen (secondary N) is 1. The first-order valence-electron chi connectivity index (χ1n) is 5.16. The molecule has 1 rings (SSSR count). The van der Waals surface area contributed by atoms with E-state index in [0.717, 1.165) is 6.42 Å². The van der Waals surface area contributed by atoms with Crippen molar-refractivity contribution in [2.24, 2.45) is 5.92 Å². The monoisotopic (exact) mass is 307 g/mol. The summed E-state index contributed by atoms with van der Waals surface area (Å²) in [5.74, 6) is 0.605. The standard InChI is InChI=1S/C11H15BrClNO2/c1-7(2)5-8(12)6-14-11(15)9-3-4-10(13)16-9/h3-4,7-8H,5-6H2,1-2H3,(H,14,15). The Labute approximate surface area is 109 Å². The van der Waals surface area contributed by atoms with Gasteiger partial charge >= 0.3 is 0 Å². The van der Waals surface area contributed by atoms with Crippen molar-refractivity contribution in [1.82, 2.24) is 5.32 Å². The van der Waals surface area contributed by atoms with Gasteiger partial charge in [0.05, 0.1) is 0 Å². The molecule has 1 aromatic heterocycles. The van der Waals surface area contributed by atoms with Crippen LogP contribution in [0.3, 0.4) is 0 Å². The Bertz CT molecular complexity index is 352. The zero-order valence-corrected chi connectivity index (χ0v) is 11.6. The lowest BCUT2D eigenvalue weighted by Crippen LogP contribution is -2.29. The van der Waals surface area contributed by atoms with Crippen LogP contribution in [0.5, 0.6) is 0 Å². The zero-order valence-electron chi connectivity index (χ0n) is 9.30. The maximum absolute atomic E-state index is 11.6. The lowest BCUT2D eigenvalue weighted by atomic mass is 10.1. The Balaban J connectivity index is 2.35. The molecule has 1 heterocycles. The van der Waals surface area contributed by atoms with Crippen molar-refractivity contribution < 1.29 is 9.21 Å². The van der Waals surface area contributed by atoms with Gasteiger partial charge in [0.1, 0.15) is 0 Å².